The average molecular weight is 367 g/mol. The summed E-state index contributed by atoms with van der Waals surface area (Å²) in [6, 6.07) is 18.0. The molecule has 1 unspecified atom stereocenters. The number of hydrogen-bond acceptors (Lipinski definition) is 5. The topological polar surface area (TPSA) is 72.7 Å². The third-order valence-electron chi connectivity index (χ3n) is 3.89. The molecular formula is C19H21N5OS. The van der Waals surface area contributed by atoms with E-state index in [2.05, 4.69) is 33.0 Å². The van der Waals surface area contributed by atoms with E-state index in [4.69, 9.17) is 0 Å². The van der Waals surface area contributed by atoms with E-state index in [9.17, 15) is 4.79 Å². The normalized spacial score (nSPS) is 11.9. The van der Waals surface area contributed by atoms with E-state index < -0.39 is 0 Å². The largest absolute Gasteiger partial charge is 0.355 e. The van der Waals surface area contributed by atoms with Gasteiger partial charge in [-0.05, 0) is 54.0 Å². The van der Waals surface area contributed by atoms with Gasteiger partial charge in [-0.15, -0.1) is 5.10 Å². The molecule has 0 aliphatic heterocycles. The first-order valence-corrected chi connectivity index (χ1v) is 9.35. The summed E-state index contributed by atoms with van der Waals surface area (Å²) in [5, 5.41) is 15.1. The molecule has 0 aliphatic rings. The molecule has 1 N–H and O–H groups in total. The number of benzene rings is 2. The van der Waals surface area contributed by atoms with Crippen molar-refractivity contribution in [3.8, 4) is 5.69 Å². The molecule has 1 heterocycles. The summed E-state index contributed by atoms with van der Waals surface area (Å²) in [7, 11) is 0. The maximum atomic E-state index is 12.4. The molecule has 0 bridgehead atoms. The SMILES string of the molecule is Cc1cccc(-n2nnnc2SC(C)C(=O)NCCc2ccccc2)c1. The van der Waals surface area contributed by atoms with E-state index in [1.165, 1.54) is 17.3 Å². The summed E-state index contributed by atoms with van der Waals surface area (Å²) in [6.45, 7) is 4.48. The van der Waals surface area contributed by atoms with Gasteiger partial charge >= 0.3 is 0 Å². The molecule has 2 aromatic carbocycles. The Morgan fingerprint density at radius 3 is 2.77 bits per heavy atom. The van der Waals surface area contributed by atoms with Crippen LogP contribution in [-0.2, 0) is 11.2 Å². The van der Waals surface area contributed by atoms with Gasteiger partial charge in [0.05, 0.1) is 10.9 Å². The number of nitrogens with one attached hydrogen (secondary N) is 1. The third-order valence-corrected chi connectivity index (χ3v) is 4.93. The van der Waals surface area contributed by atoms with Gasteiger partial charge in [-0.25, -0.2) is 0 Å². The van der Waals surface area contributed by atoms with Crippen molar-refractivity contribution in [2.75, 3.05) is 6.54 Å². The maximum Gasteiger partial charge on any atom is 0.233 e. The lowest BCUT2D eigenvalue weighted by atomic mass is 10.1. The molecule has 0 saturated heterocycles. The smallest absolute Gasteiger partial charge is 0.233 e. The molecule has 134 valence electrons. The fourth-order valence-electron chi connectivity index (χ4n) is 2.50. The molecular weight excluding hydrogens is 346 g/mol. The molecule has 1 atom stereocenters. The molecule has 1 aromatic heterocycles. The minimum absolute atomic E-state index is 0.0234. The standard InChI is InChI=1S/C19H21N5OS/c1-14-7-6-10-17(13-14)24-19(21-22-23-24)26-15(2)18(25)20-12-11-16-8-4-3-5-9-16/h3-10,13,15H,11-12H2,1-2H3,(H,20,25). The van der Waals surface area contributed by atoms with E-state index in [0.29, 0.717) is 11.7 Å². The number of tetrazole rings is 1. The van der Waals surface area contributed by atoms with E-state index in [1.807, 2.05) is 56.3 Å². The molecule has 0 spiro atoms. The van der Waals surface area contributed by atoms with Crippen molar-refractivity contribution in [1.29, 1.82) is 0 Å². The van der Waals surface area contributed by atoms with Gasteiger partial charge in [0.15, 0.2) is 0 Å². The van der Waals surface area contributed by atoms with Gasteiger partial charge in [0.25, 0.3) is 0 Å². The van der Waals surface area contributed by atoms with Crippen LogP contribution in [0.25, 0.3) is 5.69 Å². The Bertz CT molecular complexity index is 865. The van der Waals surface area contributed by atoms with Crippen LogP contribution in [0.4, 0.5) is 0 Å². The van der Waals surface area contributed by atoms with Gasteiger partial charge < -0.3 is 5.32 Å². The van der Waals surface area contributed by atoms with Gasteiger partial charge in [0, 0.05) is 6.54 Å². The van der Waals surface area contributed by atoms with Gasteiger partial charge in [-0.2, -0.15) is 4.68 Å². The summed E-state index contributed by atoms with van der Waals surface area (Å²) in [5.41, 5.74) is 3.21. The molecule has 0 saturated carbocycles. The zero-order valence-electron chi connectivity index (χ0n) is 14.8. The van der Waals surface area contributed by atoms with E-state index >= 15 is 0 Å². The van der Waals surface area contributed by atoms with E-state index in [0.717, 1.165) is 17.7 Å². The average Bonchev–Trinajstić information content (AvgIpc) is 3.10. The summed E-state index contributed by atoms with van der Waals surface area (Å²) in [6.07, 6.45) is 0.811. The molecule has 0 fully saturated rings. The van der Waals surface area contributed by atoms with E-state index in [-0.39, 0.29) is 11.2 Å². The Kier molecular flexibility index (Phi) is 6.01. The molecule has 0 aliphatic carbocycles. The van der Waals surface area contributed by atoms with Gasteiger partial charge in [0.2, 0.25) is 11.1 Å². The summed E-state index contributed by atoms with van der Waals surface area (Å²) < 4.78 is 1.66. The molecule has 0 radical (unpaired) electrons. The van der Waals surface area contributed by atoms with Crippen LogP contribution in [-0.4, -0.2) is 37.9 Å². The molecule has 3 aromatic rings. The fraction of sp³-hybridized carbons (Fsp3) is 0.263. The number of aryl methyl sites for hydroxylation is 1. The predicted molar refractivity (Wildman–Crippen MR) is 102 cm³/mol. The maximum absolute atomic E-state index is 12.4. The lowest BCUT2D eigenvalue weighted by Crippen LogP contribution is -2.32. The number of amides is 1. The highest BCUT2D eigenvalue weighted by molar-refractivity contribution is 8.00. The third kappa shape index (κ3) is 4.70. The van der Waals surface area contributed by atoms with Crippen molar-refractivity contribution in [3.05, 3.63) is 65.7 Å². The van der Waals surface area contributed by atoms with Crippen LogP contribution in [0, 0.1) is 6.92 Å². The van der Waals surface area contributed by atoms with Gasteiger partial charge in [-0.3, -0.25) is 4.79 Å². The van der Waals surface area contributed by atoms with Crippen molar-refractivity contribution in [2.45, 2.75) is 30.7 Å². The lowest BCUT2D eigenvalue weighted by molar-refractivity contribution is -0.120. The van der Waals surface area contributed by atoms with Crippen LogP contribution in [0.15, 0.2) is 59.8 Å². The van der Waals surface area contributed by atoms with Crippen LogP contribution in [0.3, 0.4) is 0 Å². The van der Waals surface area contributed by atoms with Gasteiger partial charge in [-0.1, -0.05) is 54.2 Å². The summed E-state index contributed by atoms with van der Waals surface area (Å²) >= 11 is 1.35. The summed E-state index contributed by atoms with van der Waals surface area (Å²) in [5.74, 6) is -0.0234. The Labute approximate surface area is 157 Å². The molecule has 7 heteroatoms. The number of hydrogen-bond donors (Lipinski definition) is 1. The van der Waals surface area contributed by atoms with Crippen molar-refractivity contribution in [2.24, 2.45) is 0 Å². The quantitative estimate of drug-likeness (QED) is 0.650. The van der Waals surface area contributed by atoms with Crippen molar-refractivity contribution in [3.63, 3.8) is 0 Å². The lowest BCUT2D eigenvalue weighted by Gasteiger charge is -2.12. The van der Waals surface area contributed by atoms with Crippen molar-refractivity contribution in [1.82, 2.24) is 25.5 Å². The number of aromatic nitrogens is 4. The minimum atomic E-state index is -0.291. The Balaban J connectivity index is 1.57. The number of carbonyl (C=O) groups excluding carboxylic acids is 1. The second-order valence-corrected chi connectivity index (χ2v) is 7.31. The van der Waals surface area contributed by atoms with Crippen LogP contribution in [0.2, 0.25) is 0 Å². The zero-order chi connectivity index (χ0) is 18.4. The first-order chi connectivity index (χ1) is 12.6. The van der Waals surface area contributed by atoms with Crippen LogP contribution in [0.1, 0.15) is 18.1 Å². The number of thioether (sulfide) groups is 1. The van der Waals surface area contributed by atoms with Crippen molar-refractivity contribution >= 4 is 17.7 Å². The highest BCUT2D eigenvalue weighted by Gasteiger charge is 2.19. The second-order valence-electron chi connectivity index (χ2n) is 6.00. The highest BCUT2D eigenvalue weighted by atomic mass is 32.2. The predicted octanol–water partition coefficient (Wildman–Crippen LogP) is 2.81. The Hall–Kier alpha value is -2.67. The van der Waals surface area contributed by atoms with Gasteiger partial charge in [0.1, 0.15) is 0 Å². The first kappa shape index (κ1) is 18.1. The van der Waals surface area contributed by atoms with Crippen LogP contribution in [0.5, 0.6) is 0 Å². The number of nitrogens with zero attached hydrogens (tertiary/aromatic N) is 4. The first-order valence-electron chi connectivity index (χ1n) is 8.47. The fourth-order valence-corrected chi connectivity index (χ4v) is 3.34. The number of rotatable bonds is 7. The molecule has 26 heavy (non-hydrogen) atoms. The Morgan fingerprint density at radius 1 is 1.19 bits per heavy atom. The number of carbonyl (C=O) groups is 1. The minimum Gasteiger partial charge on any atom is -0.355 e. The molecule has 6 nitrogen and oxygen atoms in total. The second kappa shape index (κ2) is 8.62. The monoisotopic (exact) mass is 367 g/mol. The van der Waals surface area contributed by atoms with Crippen LogP contribution >= 0.6 is 11.8 Å². The van der Waals surface area contributed by atoms with E-state index in [1.54, 1.807) is 4.68 Å². The highest BCUT2D eigenvalue weighted by Crippen LogP contribution is 2.23. The molecule has 3 rings (SSSR count). The molecule has 1 amide bonds. The van der Waals surface area contributed by atoms with Crippen LogP contribution < -0.4 is 5.32 Å². The Morgan fingerprint density at radius 2 is 2.00 bits per heavy atom. The zero-order valence-corrected chi connectivity index (χ0v) is 15.6. The van der Waals surface area contributed by atoms with Crippen molar-refractivity contribution < 1.29 is 4.79 Å². The summed E-state index contributed by atoms with van der Waals surface area (Å²) in [4.78, 5) is 12.4.